The van der Waals surface area contributed by atoms with E-state index in [1.54, 1.807) is 12.1 Å². The molecule has 2 aliphatic rings. The summed E-state index contributed by atoms with van der Waals surface area (Å²) in [5.41, 5.74) is 1.04. The average molecular weight is 319 g/mol. The first kappa shape index (κ1) is 15.8. The van der Waals surface area contributed by atoms with Crippen molar-refractivity contribution in [3.8, 4) is 5.75 Å². The van der Waals surface area contributed by atoms with Gasteiger partial charge in [0, 0.05) is 12.2 Å². The molecular formula is C17H21NO5. The monoisotopic (exact) mass is 319 g/mol. The molecule has 1 saturated heterocycles. The summed E-state index contributed by atoms with van der Waals surface area (Å²) >= 11 is 0. The Morgan fingerprint density at radius 3 is 2.83 bits per heavy atom. The van der Waals surface area contributed by atoms with E-state index in [0.717, 1.165) is 25.0 Å². The molecule has 23 heavy (non-hydrogen) atoms. The van der Waals surface area contributed by atoms with Crippen molar-refractivity contribution < 1.29 is 24.2 Å². The fourth-order valence-electron chi connectivity index (χ4n) is 3.22. The van der Waals surface area contributed by atoms with Crippen molar-refractivity contribution in [2.75, 3.05) is 26.4 Å². The van der Waals surface area contributed by atoms with Crippen LogP contribution in [0.2, 0.25) is 0 Å². The Morgan fingerprint density at radius 1 is 1.30 bits per heavy atom. The van der Waals surface area contributed by atoms with Crippen molar-refractivity contribution in [2.45, 2.75) is 25.8 Å². The second-order valence-electron chi connectivity index (χ2n) is 6.03. The van der Waals surface area contributed by atoms with Crippen LogP contribution in [-0.2, 0) is 9.53 Å². The molecule has 0 bridgehead atoms. The summed E-state index contributed by atoms with van der Waals surface area (Å²) < 4.78 is 11.1. The third kappa shape index (κ3) is 3.17. The number of fused-ring (bicyclic) bond motifs is 1. The van der Waals surface area contributed by atoms with E-state index in [9.17, 15) is 9.59 Å². The summed E-state index contributed by atoms with van der Waals surface area (Å²) in [6, 6.07) is 4.68. The van der Waals surface area contributed by atoms with Crippen LogP contribution in [-0.4, -0.2) is 48.2 Å². The van der Waals surface area contributed by atoms with E-state index >= 15 is 0 Å². The highest BCUT2D eigenvalue weighted by Gasteiger charge is 2.32. The number of carboxylic acid groups (broad SMARTS) is 1. The lowest BCUT2D eigenvalue weighted by Gasteiger charge is -2.32. The summed E-state index contributed by atoms with van der Waals surface area (Å²) in [4.78, 5) is 25.7. The minimum Gasteiger partial charge on any atom is -0.491 e. The number of carboxylic acids is 1. The quantitative estimate of drug-likeness (QED) is 0.903. The Labute approximate surface area is 135 Å². The van der Waals surface area contributed by atoms with E-state index in [1.165, 1.54) is 6.07 Å². The summed E-state index contributed by atoms with van der Waals surface area (Å²) in [6.07, 6.45) is 1.77. The van der Waals surface area contributed by atoms with Gasteiger partial charge in [-0.05, 0) is 31.9 Å². The number of carbonyl (C=O) groups excluding carboxylic acids is 1. The standard InChI is InChI=1S/C17H21NO5/c1-11-14-5-4-12(17(20)21)9-15(14)23-8-6-18(11)16(19)13-3-2-7-22-10-13/h4-5,9,11,13H,2-3,6-8,10H2,1H3,(H,20,21)/t11-,13+/m0/s1. The third-order valence-corrected chi connectivity index (χ3v) is 4.56. The molecule has 1 amide bonds. The molecule has 0 aliphatic carbocycles. The number of ether oxygens (including phenoxy) is 2. The molecule has 2 atom stereocenters. The molecule has 0 spiro atoms. The van der Waals surface area contributed by atoms with E-state index in [2.05, 4.69) is 0 Å². The molecule has 1 aromatic rings. The first-order valence-corrected chi connectivity index (χ1v) is 7.96. The van der Waals surface area contributed by atoms with E-state index in [1.807, 2.05) is 11.8 Å². The third-order valence-electron chi connectivity index (χ3n) is 4.56. The van der Waals surface area contributed by atoms with Gasteiger partial charge in [-0.3, -0.25) is 4.79 Å². The molecule has 3 rings (SSSR count). The van der Waals surface area contributed by atoms with Gasteiger partial charge in [-0.2, -0.15) is 0 Å². The summed E-state index contributed by atoms with van der Waals surface area (Å²) in [5.74, 6) is -0.435. The van der Waals surface area contributed by atoms with Crippen LogP contribution < -0.4 is 4.74 Å². The number of rotatable bonds is 2. The second kappa shape index (κ2) is 6.58. The van der Waals surface area contributed by atoms with Gasteiger partial charge < -0.3 is 19.5 Å². The van der Waals surface area contributed by atoms with Crippen LogP contribution in [0.4, 0.5) is 0 Å². The van der Waals surface area contributed by atoms with Crippen molar-refractivity contribution in [1.29, 1.82) is 0 Å². The van der Waals surface area contributed by atoms with Crippen LogP contribution in [0.15, 0.2) is 18.2 Å². The molecule has 1 fully saturated rings. The number of hydrogen-bond acceptors (Lipinski definition) is 4. The van der Waals surface area contributed by atoms with Crippen molar-refractivity contribution in [3.05, 3.63) is 29.3 Å². The average Bonchev–Trinajstić information content (AvgIpc) is 2.73. The number of carbonyl (C=O) groups is 2. The van der Waals surface area contributed by atoms with Gasteiger partial charge in [0.25, 0.3) is 0 Å². The van der Waals surface area contributed by atoms with E-state index in [4.69, 9.17) is 14.6 Å². The molecule has 2 aliphatic heterocycles. The van der Waals surface area contributed by atoms with Gasteiger partial charge in [0.05, 0.1) is 30.7 Å². The maximum absolute atomic E-state index is 12.8. The van der Waals surface area contributed by atoms with Gasteiger partial charge in [0.2, 0.25) is 5.91 Å². The first-order chi connectivity index (χ1) is 11.1. The Hall–Kier alpha value is -2.08. The minimum absolute atomic E-state index is 0.0916. The molecule has 6 heteroatoms. The van der Waals surface area contributed by atoms with Gasteiger partial charge in [-0.15, -0.1) is 0 Å². The molecule has 6 nitrogen and oxygen atoms in total. The highest BCUT2D eigenvalue weighted by atomic mass is 16.5. The number of amides is 1. The molecule has 2 heterocycles. The van der Waals surface area contributed by atoms with Crippen LogP contribution in [0.3, 0.4) is 0 Å². The van der Waals surface area contributed by atoms with E-state index in [0.29, 0.717) is 25.5 Å². The summed E-state index contributed by atoms with van der Waals surface area (Å²) in [5, 5.41) is 9.10. The number of nitrogens with zero attached hydrogens (tertiary/aromatic N) is 1. The Morgan fingerprint density at radius 2 is 2.13 bits per heavy atom. The van der Waals surface area contributed by atoms with Gasteiger partial charge in [-0.25, -0.2) is 4.79 Å². The van der Waals surface area contributed by atoms with E-state index in [-0.39, 0.29) is 23.4 Å². The molecule has 0 saturated carbocycles. The molecule has 1 N–H and O–H groups in total. The van der Waals surface area contributed by atoms with Crippen molar-refractivity contribution in [1.82, 2.24) is 4.90 Å². The predicted octanol–water partition coefficient (Wildman–Crippen LogP) is 2.09. The van der Waals surface area contributed by atoms with Crippen LogP contribution in [0.1, 0.15) is 41.7 Å². The summed E-state index contributed by atoms with van der Waals surface area (Å²) in [7, 11) is 0. The van der Waals surface area contributed by atoms with E-state index < -0.39 is 5.97 Å². The van der Waals surface area contributed by atoms with Gasteiger partial charge in [0.15, 0.2) is 0 Å². The highest BCUT2D eigenvalue weighted by molar-refractivity contribution is 5.88. The zero-order valence-corrected chi connectivity index (χ0v) is 13.2. The predicted molar refractivity (Wildman–Crippen MR) is 82.6 cm³/mol. The first-order valence-electron chi connectivity index (χ1n) is 7.96. The lowest BCUT2D eigenvalue weighted by Crippen LogP contribution is -2.41. The zero-order valence-electron chi connectivity index (χ0n) is 13.2. The number of benzene rings is 1. The Balaban J connectivity index is 1.84. The van der Waals surface area contributed by atoms with Gasteiger partial charge in [-0.1, -0.05) is 6.07 Å². The van der Waals surface area contributed by atoms with Crippen LogP contribution in [0.25, 0.3) is 0 Å². The number of hydrogen-bond donors (Lipinski definition) is 1. The van der Waals surface area contributed by atoms with Crippen molar-refractivity contribution >= 4 is 11.9 Å². The fraction of sp³-hybridized carbons (Fsp3) is 0.529. The fourth-order valence-corrected chi connectivity index (χ4v) is 3.22. The Kier molecular flexibility index (Phi) is 4.52. The molecule has 124 valence electrons. The Bertz CT molecular complexity index is 609. The maximum atomic E-state index is 12.8. The normalized spacial score (nSPS) is 24.3. The highest BCUT2D eigenvalue weighted by Crippen LogP contribution is 2.34. The molecule has 1 aromatic carbocycles. The lowest BCUT2D eigenvalue weighted by molar-refractivity contribution is -0.142. The lowest BCUT2D eigenvalue weighted by atomic mass is 9.98. The van der Waals surface area contributed by atoms with Crippen molar-refractivity contribution in [2.24, 2.45) is 5.92 Å². The van der Waals surface area contributed by atoms with Crippen LogP contribution in [0.5, 0.6) is 5.75 Å². The topological polar surface area (TPSA) is 76.1 Å². The number of aromatic carboxylic acids is 1. The molecule has 0 aromatic heterocycles. The zero-order chi connectivity index (χ0) is 16.4. The second-order valence-corrected chi connectivity index (χ2v) is 6.03. The largest absolute Gasteiger partial charge is 0.491 e. The van der Waals surface area contributed by atoms with Gasteiger partial charge in [0.1, 0.15) is 12.4 Å². The molecule has 0 radical (unpaired) electrons. The SMILES string of the molecule is C[C@H]1c2ccc(C(=O)O)cc2OCCN1C(=O)[C@@H]1CCCOC1. The van der Waals surface area contributed by atoms with Crippen LogP contribution in [0, 0.1) is 5.92 Å². The van der Waals surface area contributed by atoms with Crippen LogP contribution >= 0.6 is 0 Å². The van der Waals surface area contributed by atoms with Gasteiger partial charge >= 0.3 is 5.97 Å². The van der Waals surface area contributed by atoms with Crippen molar-refractivity contribution in [3.63, 3.8) is 0 Å². The smallest absolute Gasteiger partial charge is 0.335 e. The maximum Gasteiger partial charge on any atom is 0.335 e. The molecular weight excluding hydrogens is 298 g/mol. The molecule has 0 unspecified atom stereocenters. The summed E-state index contributed by atoms with van der Waals surface area (Å²) in [6.45, 7) is 4.01. The minimum atomic E-state index is -0.986.